The predicted octanol–water partition coefficient (Wildman–Crippen LogP) is 0.692. The Morgan fingerprint density at radius 3 is 2.50 bits per heavy atom. The number of nitrogens with zero attached hydrogens (tertiary/aromatic N) is 1. The van der Waals surface area contributed by atoms with E-state index in [4.69, 9.17) is 5.73 Å². The number of nitrogens with one attached hydrogen (secondary N) is 1. The highest BCUT2D eigenvalue weighted by molar-refractivity contribution is 5.96. The molecular formula is C11H21N3O2. The molecule has 3 amide bonds. The van der Waals surface area contributed by atoms with E-state index in [1.807, 2.05) is 11.9 Å². The van der Waals surface area contributed by atoms with Gasteiger partial charge in [-0.2, -0.15) is 0 Å². The third-order valence-electron chi connectivity index (χ3n) is 3.31. The number of rotatable bonds is 4. The summed E-state index contributed by atoms with van der Waals surface area (Å²) in [6.07, 6.45) is 5.07. The SMILES string of the molecule is C[C@H](C(=O)NC(N)=O)N(C)CC1CCCC1. The van der Waals surface area contributed by atoms with Crippen LogP contribution in [0.25, 0.3) is 0 Å². The van der Waals surface area contributed by atoms with E-state index in [0.717, 1.165) is 6.54 Å². The molecule has 0 aromatic carbocycles. The summed E-state index contributed by atoms with van der Waals surface area (Å²) in [6.45, 7) is 2.70. The summed E-state index contributed by atoms with van der Waals surface area (Å²) in [4.78, 5) is 24.0. The molecule has 3 N–H and O–H groups in total. The third-order valence-corrected chi connectivity index (χ3v) is 3.31. The highest BCUT2D eigenvalue weighted by Crippen LogP contribution is 2.25. The summed E-state index contributed by atoms with van der Waals surface area (Å²) in [5.41, 5.74) is 4.91. The van der Waals surface area contributed by atoms with Gasteiger partial charge in [-0.3, -0.25) is 15.0 Å². The van der Waals surface area contributed by atoms with Crippen LogP contribution in [0.5, 0.6) is 0 Å². The van der Waals surface area contributed by atoms with Crippen LogP contribution in [0.4, 0.5) is 4.79 Å². The molecule has 5 heteroatoms. The molecule has 0 aliphatic heterocycles. The Labute approximate surface area is 96.4 Å². The molecule has 0 aromatic rings. The molecule has 5 nitrogen and oxygen atoms in total. The Balaban J connectivity index is 2.36. The van der Waals surface area contributed by atoms with Gasteiger partial charge in [0.25, 0.3) is 0 Å². The van der Waals surface area contributed by atoms with Crippen LogP contribution in [0, 0.1) is 5.92 Å². The third kappa shape index (κ3) is 3.81. The molecule has 16 heavy (non-hydrogen) atoms. The number of primary amides is 1. The van der Waals surface area contributed by atoms with E-state index in [-0.39, 0.29) is 11.9 Å². The van der Waals surface area contributed by atoms with Crippen LogP contribution in [-0.2, 0) is 4.79 Å². The number of urea groups is 1. The Morgan fingerprint density at radius 1 is 1.44 bits per heavy atom. The molecule has 0 spiro atoms. The maximum atomic E-state index is 11.5. The van der Waals surface area contributed by atoms with E-state index in [9.17, 15) is 9.59 Å². The Bertz CT molecular complexity index is 262. The zero-order chi connectivity index (χ0) is 12.1. The van der Waals surface area contributed by atoms with Gasteiger partial charge in [0.15, 0.2) is 0 Å². The zero-order valence-corrected chi connectivity index (χ0v) is 10.0. The molecule has 92 valence electrons. The summed E-state index contributed by atoms with van der Waals surface area (Å²) >= 11 is 0. The first-order valence-electron chi connectivity index (χ1n) is 5.81. The number of hydrogen-bond donors (Lipinski definition) is 2. The van der Waals surface area contributed by atoms with E-state index in [0.29, 0.717) is 5.92 Å². The first-order chi connectivity index (χ1) is 7.50. The molecule has 0 saturated heterocycles. The lowest BCUT2D eigenvalue weighted by molar-refractivity contribution is -0.124. The van der Waals surface area contributed by atoms with E-state index >= 15 is 0 Å². The second kappa shape index (κ2) is 5.84. The summed E-state index contributed by atoms with van der Waals surface area (Å²) in [7, 11) is 1.91. The van der Waals surface area contributed by atoms with Crippen molar-refractivity contribution in [3.05, 3.63) is 0 Å². The smallest absolute Gasteiger partial charge is 0.318 e. The van der Waals surface area contributed by atoms with Crippen LogP contribution in [-0.4, -0.2) is 36.5 Å². The minimum absolute atomic E-state index is 0.312. The largest absolute Gasteiger partial charge is 0.351 e. The number of nitrogens with two attached hydrogens (primary N) is 1. The van der Waals surface area contributed by atoms with Crippen LogP contribution < -0.4 is 11.1 Å². The fraction of sp³-hybridized carbons (Fsp3) is 0.818. The lowest BCUT2D eigenvalue weighted by atomic mass is 10.1. The van der Waals surface area contributed by atoms with Crippen LogP contribution >= 0.6 is 0 Å². The van der Waals surface area contributed by atoms with Crippen LogP contribution in [0.3, 0.4) is 0 Å². The van der Waals surface area contributed by atoms with Crippen molar-refractivity contribution in [1.29, 1.82) is 0 Å². The molecule has 1 aliphatic rings. The Hall–Kier alpha value is -1.10. The van der Waals surface area contributed by atoms with Gasteiger partial charge in [-0.1, -0.05) is 12.8 Å². The monoisotopic (exact) mass is 227 g/mol. The van der Waals surface area contributed by atoms with Gasteiger partial charge in [0.05, 0.1) is 6.04 Å². The van der Waals surface area contributed by atoms with Gasteiger partial charge in [0.1, 0.15) is 0 Å². The second-order valence-electron chi connectivity index (χ2n) is 4.62. The normalized spacial score (nSPS) is 18.7. The molecular weight excluding hydrogens is 206 g/mol. The van der Waals surface area contributed by atoms with E-state index < -0.39 is 6.03 Å². The standard InChI is InChI=1S/C11H21N3O2/c1-8(10(15)13-11(12)16)14(2)7-9-5-3-4-6-9/h8-9H,3-7H2,1-2H3,(H3,12,13,15,16)/t8-/m1/s1. The van der Waals surface area contributed by atoms with Gasteiger partial charge in [0, 0.05) is 6.54 Å². The quantitative estimate of drug-likeness (QED) is 0.742. The number of hydrogen-bond acceptors (Lipinski definition) is 3. The number of carbonyl (C=O) groups is 2. The highest BCUT2D eigenvalue weighted by Gasteiger charge is 2.23. The molecule has 0 bridgehead atoms. The van der Waals surface area contributed by atoms with Crippen molar-refractivity contribution in [2.24, 2.45) is 11.7 Å². The fourth-order valence-electron chi connectivity index (χ4n) is 2.18. The molecule has 0 radical (unpaired) electrons. The van der Waals surface area contributed by atoms with Gasteiger partial charge < -0.3 is 5.73 Å². The molecule has 1 rings (SSSR count). The lowest BCUT2D eigenvalue weighted by Crippen LogP contribution is -2.48. The van der Waals surface area contributed by atoms with Crippen LogP contribution in [0.2, 0.25) is 0 Å². The van der Waals surface area contributed by atoms with Crippen LogP contribution in [0.1, 0.15) is 32.6 Å². The lowest BCUT2D eigenvalue weighted by Gasteiger charge is -2.25. The first-order valence-corrected chi connectivity index (χ1v) is 5.81. The maximum absolute atomic E-state index is 11.5. The topological polar surface area (TPSA) is 75.4 Å². The van der Waals surface area contributed by atoms with Gasteiger partial charge in [-0.25, -0.2) is 4.79 Å². The van der Waals surface area contributed by atoms with E-state index in [1.54, 1.807) is 6.92 Å². The number of carbonyl (C=O) groups excluding carboxylic acids is 2. The highest BCUT2D eigenvalue weighted by atomic mass is 16.2. The molecule has 1 atom stereocenters. The fourth-order valence-corrected chi connectivity index (χ4v) is 2.18. The van der Waals surface area contributed by atoms with Crippen molar-refractivity contribution in [3.8, 4) is 0 Å². The predicted molar refractivity (Wildman–Crippen MR) is 61.8 cm³/mol. The summed E-state index contributed by atoms with van der Waals surface area (Å²) in [6, 6.07) is -1.10. The minimum Gasteiger partial charge on any atom is -0.351 e. The van der Waals surface area contributed by atoms with Gasteiger partial charge in [0.2, 0.25) is 5.91 Å². The van der Waals surface area contributed by atoms with Crippen molar-refractivity contribution < 1.29 is 9.59 Å². The van der Waals surface area contributed by atoms with Crippen molar-refractivity contribution in [1.82, 2.24) is 10.2 Å². The number of amides is 3. The number of likely N-dealkylation sites (N-methyl/N-ethyl adjacent to an activating group) is 1. The average molecular weight is 227 g/mol. The van der Waals surface area contributed by atoms with Crippen molar-refractivity contribution in [2.75, 3.05) is 13.6 Å². The molecule has 0 unspecified atom stereocenters. The molecule has 1 aliphatic carbocycles. The maximum Gasteiger partial charge on any atom is 0.318 e. The van der Waals surface area contributed by atoms with Crippen LogP contribution in [0.15, 0.2) is 0 Å². The van der Waals surface area contributed by atoms with Gasteiger partial charge in [-0.05, 0) is 32.7 Å². The zero-order valence-electron chi connectivity index (χ0n) is 10.0. The summed E-state index contributed by atoms with van der Waals surface area (Å²) in [5.74, 6) is 0.363. The van der Waals surface area contributed by atoms with E-state index in [2.05, 4.69) is 5.32 Å². The number of imide groups is 1. The summed E-state index contributed by atoms with van der Waals surface area (Å²) in [5, 5.41) is 2.11. The van der Waals surface area contributed by atoms with Gasteiger partial charge in [-0.15, -0.1) is 0 Å². The molecule has 0 aromatic heterocycles. The average Bonchev–Trinajstić information content (AvgIpc) is 2.68. The second-order valence-corrected chi connectivity index (χ2v) is 4.62. The molecule has 1 saturated carbocycles. The van der Waals surface area contributed by atoms with Crippen molar-refractivity contribution in [2.45, 2.75) is 38.6 Å². The molecule has 0 heterocycles. The van der Waals surface area contributed by atoms with E-state index in [1.165, 1.54) is 25.7 Å². The van der Waals surface area contributed by atoms with Crippen molar-refractivity contribution >= 4 is 11.9 Å². The summed E-state index contributed by atoms with van der Waals surface area (Å²) < 4.78 is 0. The first kappa shape index (κ1) is 13.0. The van der Waals surface area contributed by atoms with Gasteiger partial charge >= 0.3 is 6.03 Å². The van der Waals surface area contributed by atoms with Crippen molar-refractivity contribution in [3.63, 3.8) is 0 Å². The Morgan fingerprint density at radius 2 is 2.00 bits per heavy atom. The molecule has 1 fully saturated rings. The minimum atomic E-state index is -0.786. The Kier molecular flexibility index (Phi) is 4.73.